The molecule has 1 aliphatic rings. The number of rotatable bonds is 5. The fraction of sp³-hybridized carbons (Fsp3) is 0.600. The van der Waals surface area contributed by atoms with Crippen LogP contribution in [0.5, 0.6) is 11.5 Å². The predicted octanol–water partition coefficient (Wildman–Crippen LogP) is 2.22. The van der Waals surface area contributed by atoms with Crippen molar-refractivity contribution in [1.82, 2.24) is 5.32 Å². The molecule has 0 aliphatic carbocycles. The summed E-state index contributed by atoms with van der Waals surface area (Å²) < 4.78 is 10.8. The Morgan fingerprint density at radius 1 is 1.26 bits per heavy atom. The summed E-state index contributed by atoms with van der Waals surface area (Å²) in [6, 6.07) is 4.06. The lowest BCUT2D eigenvalue weighted by Crippen LogP contribution is -2.33. The standard InChI is InChI=1S/C15H24N2O2/c1-9(2)12(7-17-4)15(16)11-6-14-13(5-10(11)3)18-8-19-14/h5-6,9,12,15,17H,7-8,16H2,1-4H3. The minimum Gasteiger partial charge on any atom is -0.454 e. The van der Waals surface area contributed by atoms with Crippen LogP contribution >= 0.6 is 0 Å². The second-order valence-corrected chi connectivity index (χ2v) is 5.55. The van der Waals surface area contributed by atoms with E-state index in [0.717, 1.165) is 23.6 Å². The zero-order chi connectivity index (χ0) is 14.0. The molecule has 1 aromatic carbocycles. The van der Waals surface area contributed by atoms with Gasteiger partial charge in [0.2, 0.25) is 6.79 Å². The quantitative estimate of drug-likeness (QED) is 0.856. The van der Waals surface area contributed by atoms with Crippen molar-refractivity contribution in [2.75, 3.05) is 20.4 Å². The Labute approximate surface area is 115 Å². The third-order valence-corrected chi connectivity index (χ3v) is 3.88. The van der Waals surface area contributed by atoms with Crippen molar-refractivity contribution in [1.29, 1.82) is 0 Å². The molecule has 4 nitrogen and oxygen atoms in total. The van der Waals surface area contributed by atoms with Gasteiger partial charge in [0.05, 0.1) is 0 Å². The molecule has 0 amide bonds. The number of hydrogen-bond donors (Lipinski definition) is 2. The number of ether oxygens (including phenoxy) is 2. The van der Waals surface area contributed by atoms with Crippen LogP contribution in [0.15, 0.2) is 12.1 Å². The van der Waals surface area contributed by atoms with Gasteiger partial charge in [0.15, 0.2) is 11.5 Å². The molecule has 1 aromatic rings. The van der Waals surface area contributed by atoms with Gasteiger partial charge in [0.1, 0.15) is 0 Å². The molecule has 19 heavy (non-hydrogen) atoms. The maximum atomic E-state index is 6.48. The second kappa shape index (κ2) is 5.80. The summed E-state index contributed by atoms with van der Waals surface area (Å²) in [6.45, 7) is 7.71. The lowest BCUT2D eigenvalue weighted by Gasteiger charge is -2.28. The van der Waals surface area contributed by atoms with Crippen molar-refractivity contribution >= 4 is 0 Å². The number of aryl methyl sites for hydroxylation is 1. The highest BCUT2D eigenvalue weighted by atomic mass is 16.7. The van der Waals surface area contributed by atoms with Crippen molar-refractivity contribution < 1.29 is 9.47 Å². The lowest BCUT2D eigenvalue weighted by atomic mass is 9.83. The van der Waals surface area contributed by atoms with Crippen LogP contribution in [-0.4, -0.2) is 20.4 Å². The van der Waals surface area contributed by atoms with Gasteiger partial charge in [-0.15, -0.1) is 0 Å². The topological polar surface area (TPSA) is 56.5 Å². The van der Waals surface area contributed by atoms with E-state index in [4.69, 9.17) is 15.2 Å². The molecule has 1 aliphatic heterocycles. The molecule has 106 valence electrons. The van der Waals surface area contributed by atoms with E-state index in [-0.39, 0.29) is 6.04 Å². The Hall–Kier alpha value is -1.26. The zero-order valence-electron chi connectivity index (χ0n) is 12.2. The Morgan fingerprint density at radius 3 is 2.47 bits per heavy atom. The number of nitrogens with one attached hydrogen (secondary N) is 1. The molecule has 2 rings (SSSR count). The molecule has 3 N–H and O–H groups in total. The minimum absolute atomic E-state index is 0.00181. The molecule has 0 saturated heterocycles. The average Bonchev–Trinajstić information content (AvgIpc) is 2.80. The first-order chi connectivity index (χ1) is 9.04. The van der Waals surface area contributed by atoms with Crippen molar-refractivity contribution in [2.24, 2.45) is 17.6 Å². The smallest absolute Gasteiger partial charge is 0.231 e. The third kappa shape index (κ3) is 2.85. The monoisotopic (exact) mass is 264 g/mol. The number of nitrogens with two attached hydrogens (primary N) is 1. The summed E-state index contributed by atoms with van der Waals surface area (Å²) in [4.78, 5) is 0. The van der Waals surface area contributed by atoms with E-state index >= 15 is 0 Å². The van der Waals surface area contributed by atoms with E-state index in [1.807, 2.05) is 19.2 Å². The SMILES string of the molecule is CNCC(C(C)C)C(N)c1cc2c(cc1C)OCO2. The molecule has 4 heteroatoms. The average molecular weight is 264 g/mol. The zero-order valence-corrected chi connectivity index (χ0v) is 12.2. The van der Waals surface area contributed by atoms with Crippen LogP contribution in [0.4, 0.5) is 0 Å². The van der Waals surface area contributed by atoms with Crippen molar-refractivity contribution in [3.05, 3.63) is 23.3 Å². The predicted molar refractivity (Wildman–Crippen MR) is 76.5 cm³/mol. The molecule has 0 radical (unpaired) electrons. The van der Waals surface area contributed by atoms with E-state index in [1.165, 1.54) is 5.56 Å². The first-order valence-electron chi connectivity index (χ1n) is 6.85. The molecule has 2 unspecified atom stereocenters. The van der Waals surface area contributed by atoms with Gasteiger partial charge in [-0.25, -0.2) is 0 Å². The minimum atomic E-state index is 0.00181. The molecule has 2 atom stereocenters. The van der Waals surface area contributed by atoms with Crippen LogP contribution in [-0.2, 0) is 0 Å². The molecular weight excluding hydrogens is 240 g/mol. The van der Waals surface area contributed by atoms with Gasteiger partial charge in [0.25, 0.3) is 0 Å². The largest absolute Gasteiger partial charge is 0.454 e. The highest BCUT2D eigenvalue weighted by molar-refractivity contribution is 5.49. The molecule has 1 heterocycles. The van der Waals surface area contributed by atoms with Gasteiger partial charge >= 0.3 is 0 Å². The van der Waals surface area contributed by atoms with Crippen molar-refractivity contribution in [3.8, 4) is 11.5 Å². The van der Waals surface area contributed by atoms with E-state index in [1.54, 1.807) is 0 Å². The fourth-order valence-electron chi connectivity index (χ4n) is 2.66. The molecule has 0 spiro atoms. The Kier molecular flexibility index (Phi) is 4.32. The summed E-state index contributed by atoms with van der Waals surface area (Å²) in [7, 11) is 1.97. The van der Waals surface area contributed by atoms with Crippen LogP contribution in [0.25, 0.3) is 0 Å². The summed E-state index contributed by atoms with van der Waals surface area (Å²) in [6.07, 6.45) is 0. The molecule has 0 bridgehead atoms. The van der Waals surface area contributed by atoms with Gasteiger partial charge < -0.3 is 20.5 Å². The first-order valence-corrected chi connectivity index (χ1v) is 6.85. The summed E-state index contributed by atoms with van der Waals surface area (Å²) in [5.74, 6) is 2.54. The van der Waals surface area contributed by atoms with E-state index in [9.17, 15) is 0 Å². The number of fused-ring (bicyclic) bond motifs is 1. The summed E-state index contributed by atoms with van der Waals surface area (Å²) in [5.41, 5.74) is 8.80. The van der Waals surface area contributed by atoms with Crippen LogP contribution < -0.4 is 20.5 Å². The maximum absolute atomic E-state index is 6.48. The van der Waals surface area contributed by atoms with Crippen molar-refractivity contribution in [3.63, 3.8) is 0 Å². The Bertz CT molecular complexity index is 446. The van der Waals surface area contributed by atoms with Crippen molar-refractivity contribution in [2.45, 2.75) is 26.8 Å². The van der Waals surface area contributed by atoms with Gasteiger partial charge in [-0.3, -0.25) is 0 Å². The Balaban J connectivity index is 2.29. The molecular formula is C15H24N2O2. The van der Waals surface area contributed by atoms with Gasteiger partial charge in [-0.2, -0.15) is 0 Å². The van der Waals surface area contributed by atoms with E-state index < -0.39 is 0 Å². The lowest BCUT2D eigenvalue weighted by molar-refractivity contribution is 0.174. The normalized spacial score (nSPS) is 16.7. The molecule has 0 fully saturated rings. The highest BCUT2D eigenvalue weighted by Gasteiger charge is 2.26. The second-order valence-electron chi connectivity index (χ2n) is 5.55. The highest BCUT2D eigenvalue weighted by Crippen LogP contribution is 2.38. The fourth-order valence-corrected chi connectivity index (χ4v) is 2.66. The van der Waals surface area contributed by atoms with Crippen LogP contribution in [0.2, 0.25) is 0 Å². The van der Waals surface area contributed by atoms with Crippen LogP contribution in [0.1, 0.15) is 31.0 Å². The van der Waals surface area contributed by atoms with E-state index in [2.05, 4.69) is 26.1 Å². The summed E-state index contributed by atoms with van der Waals surface area (Å²) in [5, 5.41) is 3.24. The number of benzene rings is 1. The maximum Gasteiger partial charge on any atom is 0.231 e. The van der Waals surface area contributed by atoms with E-state index in [0.29, 0.717) is 18.6 Å². The van der Waals surface area contributed by atoms with Crippen LogP contribution in [0, 0.1) is 18.8 Å². The Morgan fingerprint density at radius 2 is 1.89 bits per heavy atom. The van der Waals surface area contributed by atoms with Gasteiger partial charge in [0, 0.05) is 6.04 Å². The van der Waals surface area contributed by atoms with Gasteiger partial charge in [-0.05, 0) is 55.6 Å². The molecule has 0 aromatic heterocycles. The van der Waals surface area contributed by atoms with Gasteiger partial charge in [-0.1, -0.05) is 13.8 Å². The number of hydrogen-bond acceptors (Lipinski definition) is 4. The first kappa shape index (κ1) is 14.2. The summed E-state index contributed by atoms with van der Waals surface area (Å²) >= 11 is 0. The van der Waals surface area contributed by atoms with Crippen LogP contribution in [0.3, 0.4) is 0 Å². The molecule has 0 saturated carbocycles. The third-order valence-electron chi connectivity index (χ3n) is 3.88.